The van der Waals surface area contributed by atoms with Gasteiger partial charge in [-0.3, -0.25) is 4.98 Å². The van der Waals surface area contributed by atoms with Crippen LogP contribution in [0.4, 0.5) is 0 Å². The van der Waals surface area contributed by atoms with E-state index in [1.807, 2.05) is 6.92 Å². The number of hydrogen-bond donors (Lipinski definition) is 1. The van der Waals surface area contributed by atoms with Gasteiger partial charge in [-0.15, -0.1) is 11.8 Å². The van der Waals surface area contributed by atoms with Gasteiger partial charge in [0.15, 0.2) is 0 Å². The number of rotatable bonds is 4. The fourth-order valence-corrected chi connectivity index (χ4v) is 3.12. The minimum absolute atomic E-state index is 1.03. The number of hydrogen-bond acceptors (Lipinski definition) is 2. The molecule has 0 atom stereocenters. The van der Waals surface area contributed by atoms with E-state index in [0.29, 0.717) is 0 Å². The van der Waals surface area contributed by atoms with Gasteiger partial charge in [-0.25, -0.2) is 0 Å². The number of nitrogens with zero attached hydrogens (tertiary/aromatic N) is 1. The van der Waals surface area contributed by atoms with Crippen LogP contribution < -0.4 is 0 Å². The fraction of sp³-hybridized carbons (Fsp3) is 0.278. The van der Waals surface area contributed by atoms with E-state index in [1.54, 1.807) is 11.8 Å². The van der Waals surface area contributed by atoms with E-state index < -0.39 is 0 Å². The Kier molecular flexibility index (Phi) is 4.02. The van der Waals surface area contributed by atoms with E-state index in [4.69, 9.17) is 4.98 Å². The first kappa shape index (κ1) is 14.2. The van der Waals surface area contributed by atoms with E-state index in [1.165, 1.54) is 21.7 Å². The molecule has 0 amide bonds. The van der Waals surface area contributed by atoms with Crippen LogP contribution in [0.3, 0.4) is 0 Å². The van der Waals surface area contributed by atoms with Crippen molar-refractivity contribution >= 4 is 22.8 Å². The Balaban J connectivity index is 1.84. The molecule has 3 rings (SSSR count). The van der Waals surface area contributed by atoms with Gasteiger partial charge in [0.25, 0.3) is 0 Å². The molecular weight excluding hydrogens is 276 g/mol. The maximum Gasteiger partial charge on any atom is 0.0916 e. The first-order valence-corrected chi connectivity index (χ1v) is 8.47. The summed E-state index contributed by atoms with van der Waals surface area (Å²) in [6.07, 6.45) is 4.19. The van der Waals surface area contributed by atoms with Crippen molar-refractivity contribution in [2.45, 2.75) is 31.6 Å². The molecule has 0 bridgehead atoms. The Morgan fingerprint density at radius 1 is 1.00 bits per heavy atom. The lowest BCUT2D eigenvalue weighted by Crippen LogP contribution is -1.94. The summed E-state index contributed by atoms with van der Waals surface area (Å²) in [5.41, 5.74) is 7.33. The molecule has 3 aromatic rings. The van der Waals surface area contributed by atoms with Crippen LogP contribution in [-0.2, 0) is 12.8 Å². The van der Waals surface area contributed by atoms with E-state index in [-0.39, 0.29) is 0 Å². The average molecular weight is 296 g/mol. The molecule has 0 aliphatic rings. The molecule has 0 saturated carbocycles. The summed E-state index contributed by atoms with van der Waals surface area (Å²) >= 11 is 1.78. The number of aromatic amines is 1. The van der Waals surface area contributed by atoms with Gasteiger partial charge < -0.3 is 4.98 Å². The minimum atomic E-state index is 1.03. The molecule has 0 aliphatic heterocycles. The molecule has 2 nitrogen and oxygen atoms in total. The number of benzene rings is 1. The summed E-state index contributed by atoms with van der Waals surface area (Å²) in [5, 5.41) is 0. The normalized spacial score (nSPS) is 11.2. The number of nitrogens with one attached hydrogen (secondary N) is 1. The van der Waals surface area contributed by atoms with Crippen LogP contribution in [0.15, 0.2) is 41.3 Å². The van der Waals surface area contributed by atoms with Crippen LogP contribution in [0.25, 0.3) is 11.0 Å². The first-order chi connectivity index (χ1) is 10.2. The van der Waals surface area contributed by atoms with Crippen LogP contribution in [0.5, 0.6) is 0 Å². The summed E-state index contributed by atoms with van der Waals surface area (Å²) in [4.78, 5) is 9.46. The zero-order chi connectivity index (χ0) is 14.8. The summed E-state index contributed by atoms with van der Waals surface area (Å²) in [7, 11) is 0. The second kappa shape index (κ2) is 5.94. The molecule has 2 heterocycles. The Bertz CT molecular complexity index is 757. The molecule has 0 unspecified atom stereocenters. The topological polar surface area (TPSA) is 28.7 Å². The van der Waals surface area contributed by atoms with Gasteiger partial charge in [0.2, 0.25) is 0 Å². The van der Waals surface area contributed by atoms with Crippen LogP contribution in [-0.4, -0.2) is 16.2 Å². The molecule has 0 aliphatic carbocycles. The van der Waals surface area contributed by atoms with Crippen molar-refractivity contribution in [1.29, 1.82) is 0 Å². The van der Waals surface area contributed by atoms with Gasteiger partial charge >= 0.3 is 0 Å². The molecule has 21 heavy (non-hydrogen) atoms. The number of aromatic nitrogens is 2. The molecular formula is C18H20N2S. The molecule has 1 N–H and O–H groups in total. The van der Waals surface area contributed by atoms with Crippen molar-refractivity contribution in [3.05, 3.63) is 58.9 Å². The van der Waals surface area contributed by atoms with Crippen LogP contribution >= 0.6 is 11.8 Å². The Morgan fingerprint density at radius 2 is 1.76 bits per heavy atom. The highest BCUT2D eigenvalue weighted by molar-refractivity contribution is 7.98. The third kappa shape index (κ3) is 2.98. The van der Waals surface area contributed by atoms with Gasteiger partial charge in [0.1, 0.15) is 0 Å². The van der Waals surface area contributed by atoms with E-state index in [9.17, 15) is 0 Å². The van der Waals surface area contributed by atoms with Crippen LogP contribution in [0.2, 0.25) is 0 Å². The summed E-state index contributed by atoms with van der Waals surface area (Å²) < 4.78 is 0. The van der Waals surface area contributed by atoms with E-state index >= 15 is 0 Å². The maximum atomic E-state index is 4.70. The molecule has 0 spiro atoms. The van der Waals surface area contributed by atoms with Crippen LogP contribution in [0.1, 0.15) is 22.5 Å². The Hall–Kier alpha value is -1.74. The highest BCUT2D eigenvalue weighted by Crippen LogP contribution is 2.23. The third-order valence-corrected chi connectivity index (χ3v) is 4.66. The third-order valence-electron chi connectivity index (χ3n) is 3.92. The SMILES string of the molecule is CSc1ccc(CCc2c(C)[nH]c3ccc(C)nc23)cc1. The van der Waals surface area contributed by atoms with Gasteiger partial charge in [0, 0.05) is 16.3 Å². The minimum Gasteiger partial charge on any atom is -0.357 e. The molecule has 0 fully saturated rings. The zero-order valence-corrected chi connectivity index (χ0v) is 13.6. The number of thioether (sulfide) groups is 1. The van der Waals surface area contributed by atoms with Crippen molar-refractivity contribution < 1.29 is 0 Å². The van der Waals surface area contributed by atoms with Crippen molar-refractivity contribution in [3.8, 4) is 0 Å². The summed E-state index contributed by atoms with van der Waals surface area (Å²) in [5.74, 6) is 0. The largest absolute Gasteiger partial charge is 0.357 e. The average Bonchev–Trinajstić information content (AvgIpc) is 2.80. The predicted molar refractivity (Wildman–Crippen MR) is 91.2 cm³/mol. The predicted octanol–water partition coefficient (Wildman–Crippen LogP) is 4.69. The molecule has 0 saturated heterocycles. The molecule has 1 aromatic carbocycles. The standard InChI is InChI=1S/C18H20N2S/c1-12-4-11-17-18(19-12)16(13(2)20-17)10-7-14-5-8-15(21-3)9-6-14/h4-6,8-9,11,20H,7,10H2,1-3H3. The second-order valence-electron chi connectivity index (χ2n) is 5.43. The van der Waals surface area contributed by atoms with Gasteiger partial charge in [-0.1, -0.05) is 12.1 Å². The number of pyridine rings is 1. The van der Waals surface area contributed by atoms with Crippen molar-refractivity contribution in [1.82, 2.24) is 9.97 Å². The fourth-order valence-electron chi connectivity index (χ4n) is 2.71. The van der Waals surface area contributed by atoms with Crippen molar-refractivity contribution in [3.63, 3.8) is 0 Å². The number of fused-ring (bicyclic) bond motifs is 1. The number of aryl methyl sites for hydroxylation is 4. The van der Waals surface area contributed by atoms with Gasteiger partial charge in [-0.05, 0) is 68.3 Å². The lowest BCUT2D eigenvalue weighted by molar-refractivity contribution is 0.949. The smallest absolute Gasteiger partial charge is 0.0916 e. The zero-order valence-electron chi connectivity index (χ0n) is 12.7. The summed E-state index contributed by atoms with van der Waals surface area (Å²) in [6.45, 7) is 4.19. The second-order valence-corrected chi connectivity index (χ2v) is 6.31. The van der Waals surface area contributed by atoms with Crippen molar-refractivity contribution in [2.75, 3.05) is 6.26 Å². The monoisotopic (exact) mass is 296 g/mol. The maximum absolute atomic E-state index is 4.70. The first-order valence-electron chi connectivity index (χ1n) is 7.25. The Morgan fingerprint density at radius 3 is 2.48 bits per heavy atom. The highest BCUT2D eigenvalue weighted by Gasteiger charge is 2.10. The lowest BCUT2D eigenvalue weighted by Gasteiger charge is -2.04. The molecule has 0 radical (unpaired) electrons. The number of H-pyrrole nitrogens is 1. The molecule has 2 aromatic heterocycles. The highest BCUT2D eigenvalue weighted by atomic mass is 32.2. The summed E-state index contributed by atoms with van der Waals surface area (Å²) in [6, 6.07) is 13.0. The Labute approximate surface area is 130 Å². The lowest BCUT2D eigenvalue weighted by atomic mass is 10.0. The molecule has 108 valence electrons. The van der Waals surface area contributed by atoms with Gasteiger partial charge in [-0.2, -0.15) is 0 Å². The molecule has 3 heteroatoms. The van der Waals surface area contributed by atoms with E-state index in [2.05, 4.69) is 54.6 Å². The van der Waals surface area contributed by atoms with Crippen LogP contribution in [0, 0.1) is 13.8 Å². The van der Waals surface area contributed by atoms with E-state index in [0.717, 1.165) is 29.6 Å². The quantitative estimate of drug-likeness (QED) is 0.708. The van der Waals surface area contributed by atoms with Crippen molar-refractivity contribution in [2.24, 2.45) is 0 Å². The van der Waals surface area contributed by atoms with Gasteiger partial charge in [0.05, 0.1) is 11.0 Å².